The fourth-order valence-electron chi connectivity index (χ4n) is 2.05. The third-order valence-corrected chi connectivity index (χ3v) is 3.55. The topological polar surface area (TPSA) is 108 Å². The maximum Gasteiger partial charge on any atom is 0.310 e. The van der Waals surface area contributed by atoms with Crippen molar-refractivity contribution in [2.75, 3.05) is 19.0 Å². The first-order valence-electron chi connectivity index (χ1n) is 7.41. The van der Waals surface area contributed by atoms with E-state index in [0.29, 0.717) is 10.6 Å². The van der Waals surface area contributed by atoms with Gasteiger partial charge in [0, 0.05) is 11.1 Å². The van der Waals surface area contributed by atoms with Crippen molar-refractivity contribution < 1.29 is 24.0 Å². The van der Waals surface area contributed by atoms with E-state index in [-0.39, 0.29) is 23.5 Å². The van der Waals surface area contributed by atoms with Gasteiger partial charge >= 0.3 is 5.97 Å². The van der Waals surface area contributed by atoms with Crippen molar-refractivity contribution in [1.82, 2.24) is 0 Å². The zero-order valence-electron chi connectivity index (χ0n) is 13.7. The van der Waals surface area contributed by atoms with E-state index in [1.54, 1.807) is 24.3 Å². The number of amides is 1. The Morgan fingerprint density at radius 3 is 2.50 bits per heavy atom. The van der Waals surface area contributed by atoms with Crippen molar-refractivity contribution in [3.63, 3.8) is 0 Å². The summed E-state index contributed by atoms with van der Waals surface area (Å²) in [6.07, 6.45) is 0.00526. The molecule has 8 nitrogen and oxygen atoms in total. The molecular formula is C17H15ClN2O6. The summed E-state index contributed by atoms with van der Waals surface area (Å²) >= 11 is 5.76. The minimum Gasteiger partial charge on any atom is -0.494 e. The number of benzene rings is 2. The summed E-state index contributed by atoms with van der Waals surface area (Å²) in [5.41, 5.74) is 0.767. The highest BCUT2D eigenvalue weighted by Gasteiger charge is 2.14. The van der Waals surface area contributed by atoms with Gasteiger partial charge in [-0.05, 0) is 23.8 Å². The van der Waals surface area contributed by atoms with Crippen LogP contribution in [0.2, 0.25) is 5.02 Å². The molecule has 0 radical (unpaired) electrons. The molecule has 26 heavy (non-hydrogen) atoms. The van der Waals surface area contributed by atoms with Gasteiger partial charge in [-0.15, -0.1) is 0 Å². The normalized spacial score (nSPS) is 10.1. The van der Waals surface area contributed by atoms with E-state index in [2.05, 4.69) is 5.32 Å². The molecule has 0 unspecified atom stereocenters. The van der Waals surface area contributed by atoms with Crippen molar-refractivity contribution in [2.24, 2.45) is 0 Å². The van der Waals surface area contributed by atoms with Crippen LogP contribution in [0.3, 0.4) is 0 Å². The standard InChI is InChI=1S/C17H15ClN2O6/c1-25-15-9-13(20(23)24)6-7-14(15)19-16(21)10-26-17(22)8-11-2-4-12(18)5-3-11/h2-7,9H,8,10H2,1H3,(H,19,21). The number of non-ortho nitro benzene ring substituents is 1. The highest BCUT2D eigenvalue weighted by molar-refractivity contribution is 6.30. The number of nitro groups is 1. The fourth-order valence-corrected chi connectivity index (χ4v) is 2.18. The summed E-state index contributed by atoms with van der Waals surface area (Å²) in [6.45, 7) is -0.493. The lowest BCUT2D eigenvalue weighted by molar-refractivity contribution is -0.384. The number of nitro benzene ring substituents is 1. The molecular weight excluding hydrogens is 364 g/mol. The van der Waals surface area contributed by atoms with Gasteiger partial charge in [-0.25, -0.2) is 0 Å². The molecule has 2 aromatic rings. The average Bonchev–Trinajstić information content (AvgIpc) is 2.62. The molecule has 0 spiro atoms. The lowest BCUT2D eigenvalue weighted by atomic mass is 10.1. The van der Waals surface area contributed by atoms with E-state index in [9.17, 15) is 19.7 Å². The maximum atomic E-state index is 11.9. The number of nitrogens with one attached hydrogen (secondary N) is 1. The molecule has 0 atom stereocenters. The van der Waals surface area contributed by atoms with Crippen LogP contribution in [-0.2, 0) is 20.7 Å². The molecule has 136 valence electrons. The molecule has 0 aliphatic rings. The number of rotatable bonds is 7. The zero-order valence-corrected chi connectivity index (χ0v) is 14.5. The Labute approximate surface area is 153 Å². The quantitative estimate of drug-likeness (QED) is 0.451. The first-order valence-corrected chi connectivity index (χ1v) is 7.79. The predicted molar refractivity (Wildman–Crippen MR) is 94.4 cm³/mol. The van der Waals surface area contributed by atoms with Crippen LogP contribution in [-0.4, -0.2) is 30.5 Å². The summed E-state index contributed by atoms with van der Waals surface area (Å²) in [5, 5.41) is 13.8. The van der Waals surface area contributed by atoms with Crippen LogP contribution in [0.1, 0.15) is 5.56 Å². The monoisotopic (exact) mass is 378 g/mol. The SMILES string of the molecule is COc1cc([N+](=O)[O-])ccc1NC(=O)COC(=O)Cc1ccc(Cl)cc1. The second-order valence-corrected chi connectivity index (χ2v) is 5.59. The molecule has 0 aliphatic carbocycles. The van der Waals surface area contributed by atoms with Gasteiger partial charge < -0.3 is 14.8 Å². The van der Waals surface area contributed by atoms with Gasteiger partial charge in [-0.3, -0.25) is 19.7 Å². The molecule has 0 heterocycles. The summed E-state index contributed by atoms with van der Waals surface area (Å²) in [7, 11) is 1.32. The Morgan fingerprint density at radius 1 is 1.19 bits per heavy atom. The van der Waals surface area contributed by atoms with Gasteiger partial charge in [0.05, 0.1) is 30.2 Å². The molecule has 0 saturated carbocycles. The van der Waals surface area contributed by atoms with Crippen molar-refractivity contribution in [3.8, 4) is 5.75 Å². The van der Waals surface area contributed by atoms with E-state index >= 15 is 0 Å². The minimum atomic E-state index is -0.596. The number of carbonyl (C=O) groups excluding carboxylic acids is 2. The predicted octanol–water partition coefficient (Wildman–Crippen LogP) is 2.98. The molecule has 0 aromatic heterocycles. The van der Waals surface area contributed by atoms with Gasteiger partial charge in [-0.2, -0.15) is 0 Å². The highest BCUT2D eigenvalue weighted by atomic mass is 35.5. The number of hydrogen-bond donors (Lipinski definition) is 1. The number of nitrogens with zero attached hydrogens (tertiary/aromatic N) is 1. The largest absolute Gasteiger partial charge is 0.494 e. The van der Waals surface area contributed by atoms with E-state index in [0.717, 1.165) is 0 Å². The molecule has 0 aliphatic heterocycles. The summed E-state index contributed by atoms with van der Waals surface area (Å²) in [4.78, 5) is 33.8. The number of anilines is 1. The molecule has 2 rings (SSSR count). The lowest BCUT2D eigenvalue weighted by Crippen LogP contribution is -2.22. The van der Waals surface area contributed by atoms with E-state index in [1.807, 2.05) is 0 Å². The van der Waals surface area contributed by atoms with Gasteiger partial charge in [0.25, 0.3) is 11.6 Å². The van der Waals surface area contributed by atoms with Crippen LogP contribution in [0.5, 0.6) is 5.75 Å². The number of carbonyl (C=O) groups is 2. The Hall–Kier alpha value is -3.13. The van der Waals surface area contributed by atoms with Crippen molar-refractivity contribution in [3.05, 3.63) is 63.2 Å². The maximum absolute atomic E-state index is 11.9. The van der Waals surface area contributed by atoms with Crippen LogP contribution in [0.4, 0.5) is 11.4 Å². The van der Waals surface area contributed by atoms with Crippen LogP contribution in [0.25, 0.3) is 0 Å². The van der Waals surface area contributed by atoms with Crippen LogP contribution in [0.15, 0.2) is 42.5 Å². The molecule has 2 aromatic carbocycles. The second kappa shape index (κ2) is 8.82. The number of ether oxygens (including phenoxy) is 2. The molecule has 1 N–H and O–H groups in total. The summed E-state index contributed by atoms with van der Waals surface area (Å²) in [6, 6.07) is 10.4. The van der Waals surface area contributed by atoms with Crippen molar-refractivity contribution in [2.45, 2.75) is 6.42 Å². The number of methoxy groups -OCH3 is 1. The van der Waals surface area contributed by atoms with Gasteiger partial charge in [0.15, 0.2) is 6.61 Å². The molecule has 0 bridgehead atoms. The third-order valence-electron chi connectivity index (χ3n) is 3.30. The van der Waals surface area contributed by atoms with Crippen molar-refractivity contribution >= 4 is 34.9 Å². The Balaban J connectivity index is 1.89. The second-order valence-electron chi connectivity index (χ2n) is 5.15. The first-order chi connectivity index (χ1) is 12.4. The first kappa shape index (κ1) is 19.2. The van der Waals surface area contributed by atoms with Gasteiger partial charge in [0.2, 0.25) is 0 Å². The van der Waals surface area contributed by atoms with Crippen molar-refractivity contribution in [1.29, 1.82) is 0 Å². The average molecular weight is 379 g/mol. The van der Waals surface area contributed by atoms with E-state index < -0.39 is 23.4 Å². The minimum absolute atomic E-state index is 0.00526. The molecule has 1 amide bonds. The zero-order chi connectivity index (χ0) is 19.1. The van der Waals surface area contributed by atoms with Gasteiger partial charge in [0.1, 0.15) is 5.75 Å². The summed E-state index contributed by atoms with van der Waals surface area (Å²) in [5.74, 6) is -1.04. The lowest BCUT2D eigenvalue weighted by Gasteiger charge is -2.10. The van der Waals surface area contributed by atoms with Crippen LogP contribution >= 0.6 is 11.6 Å². The number of hydrogen-bond acceptors (Lipinski definition) is 6. The van der Waals surface area contributed by atoms with E-state index in [4.69, 9.17) is 21.1 Å². The number of esters is 1. The smallest absolute Gasteiger partial charge is 0.310 e. The third kappa shape index (κ3) is 5.45. The fraction of sp³-hybridized carbons (Fsp3) is 0.176. The van der Waals surface area contributed by atoms with E-state index in [1.165, 1.54) is 25.3 Å². The Kier molecular flexibility index (Phi) is 6.51. The van der Waals surface area contributed by atoms with Crippen LogP contribution < -0.4 is 10.1 Å². The molecule has 0 saturated heterocycles. The molecule has 0 fully saturated rings. The van der Waals surface area contributed by atoms with Gasteiger partial charge in [-0.1, -0.05) is 23.7 Å². The molecule has 9 heteroatoms. The highest BCUT2D eigenvalue weighted by Crippen LogP contribution is 2.28. The van der Waals surface area contributed by atoms with Crippen LogP contribution in [0, 0.1) is 10.1 Å². The summed E-state index contributed by atoms with van der Waals surface area (Å²) < 4.78 is 9.93. The Bertz CT molecular complexity index is 823. The Morgan fingerprint density at radius 2 is 1.88 bits per heavy atom. The number of halogens is 1.